The Hall–Kier alpha value is -3.10. The number of nitrogens with one attached hydrogen (secondary N) is 1. The van der Waals surface area contributed by atoms with Crippen LogP contribution in [0.15, 0.2) is 36.4 Å². The summed E-state index contributed by atoms with van der Waals surface area (Å²) < 4.78 is 10.4. The Morgan fingerprint density at radius 3 is 2.32 bits per heavy atom. The van der Waals surface area contributed by atoms with Gasteiger partial charge in [0.1, 0.15) is 11.3 Å². The number of carbonyl (C=O) groups is 2. The Labute approximate surface area is 162 Å². The number of carbonyl (C=O) groups excluding carboxylic acids is 2. The predicted molar refractivity (Wildman–Crippen MR) is 102 cm³/mol. The highest BCUT2D eigenvalue weighted by Crippen LogP contribution is 2.27. The van der Waals surface area contributed by atoms with Gasteiger partial charge in [0.25, 0.3) is 0 Å². The maximum atomic E-state index is 12.5. The Bertz CT molecular complexity index is 863. The number of hydrazine groups is 1. The number of phenolic OH excluding ortho intramolecular Hbond substituents is 2. The number of para-hydroxylation sites is 1. The second-order valence-corrected chi connectivity index (χ2v) is 6.75. The van der Waals surface area contributed by atoms with Crippen molar-refractivity contribution in [2.45, 2.75) is 32.7 Å². The molecule has 0 saturated carbocycles. The minimum atomic E-state index is -1.36. The van der Waals surface area contributed by atoms with Crippen LogP contribution in [0.5, 0.6) is 17.2 Å². The molecule has 0 bridgehead atoms. The molecular formula is C20H24N2O6. The highest BCUT2D eigenvalue weighted by molar-refractivity contribution is 5.84. The molecule has 8 nitrogen and oxygen atoms in total. The summed E-state index contributed by atoms with van der Waals surface area (Å²) in [5.74, 6) is 3.88. The van der Waals surface area contributed by atoms with Crippen molar-refractivity contribution in [1.29, 1.82) is 0 Å². The molecule has 0 saturated heterocycles. The zero-order valence-corrected chi connectivity index (χ0v) is 16.0. The summed E-state index contributed by atoms with van der Waals surface area (Å²) in [5.41, 5.74) is 3.14. The van der Waals surface area contributed by atoms with Crippen LogP contribution < -0.4 is 16.0 Å². The van der Waals surface area contributed by atoms with E-state index in [1.165, 1.54) is 25.1 Å². The van der Waals surface area contributed by atoms with E-state index >= 15 is 0 Å². The number of esters is 2. The molecule has 0 heterocycles. The van der Waals surface area contributed by atoms with Crippen LogP contribution in [0.4, 0.5) is 0 Å². The summed E-state index contributed by atoms with van der Waals surface area (Å²) in [5, 5.41) is 19.0. The molecule has 0 aromatic heterocycles. The molecule has 0 aliphatic heterocycles. The molecule has 1 unspecified atom stereocenters. The zero-order chi connectivity index (χ0) is 20.9. The van der Waals surface area contributed by atoms with E-state index in [0.717, 1.165) is 11.1 Å². The van der Waals surface area contributed by atoms with Crippen LogP contribution in [0.25, 0.3) is 0 Å². The van der Waals surface area contributed by atoms with Gasteiger partial charge in [-0.1, -0.05) is 24.3 Å². The minimum Gasteiger partial charge on any atom is -0.504 e. The van der Waals surface area contributed by atoms with Crippen LogP contribution in [-0.4, -0.2) is 34.3 Å². The van der Waals surface area contributed by atoms with Crippen molar-refractivity contribution < 1.29 is 29.3 Å². The number of ether oxygens (including phenoxy) is 2. The summed E-state index contributed by atoms with van der Waals surface area (Å²) in [7, 11) is 0. The number of nitrogens with two attached hydrogens (primary N) is 1. The number of aryl methyl sites for hydroxylation is 2. The maximum absolute atomic E-state index is 12.5. The molecule has 2 aromatic rings. The summed E-state index contributed by atoms with van der Waals surface area (Å²) in [4.78, 5) is 24.5. The molecule has 0 fully saturated rings. The fourth-order valence-electron chi connectivity index (χ4n) is 2.66. The third-order valence-electron chi connectivity index (χ3n) is 4.31. The van der Waals surface area contributed by atoms with Gasteiger partial charge < -0.3 is 19.7 Å². The Morgan fingerprint density at radius 2 is 1.75 bits per heavy atom. The number of phenols is 2. The van der Waals surface area contributed by atoms with Gasteiger partial charge in [-0.05, 0) is 49.6 Å². The van der Waals surface area contributed by atoms with Crippen molar-refractivity contribution in [2.24, 2.45) is 5.84 Å². The van der Waals surface area contributed by atoms with Gasteiger partial charge in [-0.3, -0.25) is 5.84 Å². The average molecular weight is 388 g/mol. The summed E-state index contributed by atoms with van der Waals surface area (Å²) in [6.07, 6.45) is 0.0577. The van der Waals surface area contributed by atoms with Crippen LogP contribution in [0.2, 0.25) is 0 Å². The van der Waals surface area contributed by atoms with Crippen LogP contribution >= 0.6 is 0 Å². The first kappa shape index (κ1) is 21.2. The van der Waals surface area contributed by atoms with Crippen LogP contribution in [-0.2, 0) is 20.7 Å². The largest absolute Gasteiger partial charge is 0.504 e. The monoisotopic (exact) mass is 388 g/mol. The molecule has 0 amide bonds. The topological polar surface area (TPSA) is 131 Å². The van der Waals surface area contributed by atoms with Gasteiger partial charge in [0.05, 0.1) is 0 Å². The molecule has 0 aliphatic rings. The van der Waals surface area contributed by atoms with E-state index in [0.29, 0.717) is 11.3 Å². The van der Waals surface area contributed by atoms with E-state index in [9.17, 15) is 19.8 Å². The van der Waals surface area contributed by atoms with Gasteiger partial charge in [0.15, 0.2) is 18.1 Å². The first-order valence-corrected chi connectivity index (χ1v) is 8.59. The molecule has 0 radical (unpaired) electrons. The quantitative estimate of drug-likeness (QED) is 0.185. The van der Waals surface area contributed by atoms with Gasteiger partial charge in [-0.15, -0.1) is 0 Å². The Morgan fingerprint density at radius 1 is 1.11 bits per heavy atom. The van der Waals surface area contributed by atoms with Gasteiger partial charge in [-0.2, -0.15) is 0 Å². The molecular weight excluding hydrogens is 364 g/mol. The van der Waals surface area contributed by atoms with Crippen LogP contribution in [0.1, 0.15) is 23.6 Å². The smallest absolute Gasteiger partial charge is 0.349 e. The minimum absolute atomic E-state index is 0.0577. The van der Waals surface area contributed by atoms with Gasteiger partial charge in [0.2, 0.25) is 0 Å². The molecule has 0 aliphatic carbocycles. The fraction of sp³-hybridized carbons (Fsp3) is 0.300. The second kappa shape index (κ2) is 8.73. The van der Waals surface area contributed by atoms with E-state index in [4.69, 9.17) is 15.3 Å². The molecule has 1 atom stereocenters. The first-order chi connectivity index (χ1) is 13.2. The van der Waals surface area contributed by atoms with Gasteiger partial charge >= 0.3 is 11.9 Å². The molecule has 8 heteroatoms. The summed E-state index contributed by atoms with van der Waals surface area (Å²) in [6, 6.07) is 9.62. The van der Waals surface area contributed by atoms with Crippen molar-refractivity contribution in [3.05, 3.63) is 53.1 Å². The van der Waals surface area contributed by atoms with Crippen molar-refractivity contribution >= 4 is 11.9 Å². The number of rotatable bonds is 7. The van der Waals surface area contributed by atoms with Crippen LogP contribution in [0, 0.1) is 13.8 Å². The fourth-order valence-corrected chi connectivity index (χ4v) is 2.66. The average Bonchev–Trinajstić information content (AvgIpc) is 2.65. The molecule has 2 rings (SSSR count). The van der Waals surface area contributed by atoms with E-state index in [2.05, 4.69) is 5.43 Å². The SMILES string of the molecule is Cc1cccc(C)c1OC(=O)COC(=O)C(C)(Cc1ccc(O)c(O)c1)NN. The van der Waals surface area contributed by atoms with E-state index in [1.807, 2.05) is 32.0 Å². The lowest BCUT2D eigenvalue weighted by Gasteiger charge is -2.26. The number of benzene rings is 2. The van der Waals surface area contributed by atoms with Gasteiger partial charge in [-0.25, -0.2) is 15.0 Å². The van der Waals surface area contributed by atoms with Crippen LogP contribution in [0.3, 0.4) is 0 Å². The molecule has 5 N–H and O–H groups in total. The van der Waals surface area contributed by atoms with E-state index in [1.54, 1.807) is 0 Å². The number of hydrogen-bond donors (Lipinski definition) is 4. The highest BCUT2D eigenvalue weighted by atomic mass is 16.6. The first-order valence-electron chi connectivity index (χ1n) is 8.59. The third kappa shape index (κ3) is 4.99. The van der Waals surface area contributed by atoms with Crippen molar-refractivity contribution in [3.8, 4) is 17.2 Å². The molecule has 2 aromatic carbocycles. The van der Waals surface area contributed by atoms with Gasteiger partial charge in [0, 0.05) is 6.42 Å². The van der Waals surface area contributed by atoms with Crippen molar-refractivity contribution in [3.63, 3.8) is 0 Å². The van der Waals surface area contributed by atoms with E-state index < -0.39 is 24.1 Å². The highest BCUT2D eigenvalue weighted by Gasteiger charge is 2.35. The molecule has 150 valence electrons. The number of hydrogen-bond acceptors (Lipinski definition) is 8. The zero-order valence-electron chi connectivity index (χ0n) is 16.0. The summed E-state index contributed by atoms with van der Waals surface area (Å²) >= 11 is 0. The Balaban J connectivity index is 2.00. The Kier molecular flexibility index (Phi) is 6.61. The van der Waals surface area contributed by atoms with Crippen molar-refractivity contribution in [2.75, 3.05) is 6.61 Å². The second-order valence-electron chi connectivity index (χ2n) is 6.75. The summed E-state index contributed by atoms with van der Waals surface area (Å²) in [6.45, 7) is 4.54. The number of aromatic hydroxyl groups is 2. The lowest BCUT2D eigenvalue weighted by atomic mass is 9.93. The maximum Gasteiger partial charge on any atom is 0.349 e. The lowest BCUT2D eigenvalue weighted by Crippen LogP contribution is -2.55. The third-order valence-corrected chi connectivity index (χ3v) is 4.31. The van der Waals surface area contributed by atoms with E-state index in [-0.39, 0.29) is 17.9 Å². The predicted octanol–water partition coefficient (Wildman–Crippen LogP) is 1.63. The molecule has 0 spiro atoms. The molecule has 28 heavy (non-hydrogen) atoms. The lowest BCUT2D eigenvalue weighted by molar-refractivity contribution is -0.158. The van der Waals surface area contributed by atoms with Crippen molar-refractivity contribution in [1.82, 2.24) is 5.43 Å². The normalized spacial score (nSPS) is 12.9. The standard InChI is InChI=1S/C20H24N2O6/c1-12-5-4-6-13(2)18(12)28-17(25)11-27-19(26)20(3,22-21)10-14-7-8-15(23)16(24)9-14/h4-9,22-24H,10-11,21H2,1-3H3.